The summed E-state index contributed by atoms with van der Waals surface area (Å²) in [6.07, 6.45) is 0. The van der Waals surface area contributed by atoms with Crippen LogP contribution in [0.15, 0.2) is 51.7 Å². The third-order valence-electron chi connectivity index (χ3n) is 2.71. The average molecular weight is 307 g/mol. The van der Waals surface area contributed by atoms with E-state index in [9.17, 15) is 0 Å². The third kappa shape index (κ3) is 2.77. The average Bonchev–Trinajstić information content (AvgIpc) is 2.83. The van der Waals surface area contributed by atoms with Crippen LogP contribution in [0.3, 0.4) is 0 Å². The minimum atomic E-state index is 0.480. The molecule has 3 rings (SSSR count). The molecule has 0 spiro atoms. The summed E-state index contributed by atoms with van der Waals surface area (Å²) in [5.74, 6) is 0. The van der Waals surface area contributed by atoms with Gasteiger partial charge in [-0.2, -0.15) is 0 Å². The topological polar surface area (TPSA) is 38.9 Å². The van der Waals surface area contributed by atoms with Gasteiger partial charge in [-0.25, -0.2) is 4.98 Å². The zero-order chi connectivity index (χ0) is 13.2. The van der Waals surface area contributed by atoms with E-state index in [-0.39, 0.29) is 0 Å². The summed E-state index contributed by atoms with van der Waals surface area (Å²) in [4.78, 5) is 5.73. The van der Waals surface area contributed by atoms with Crippen molar-refractivity contribution < 1.29 is 0 Å². The van der Waals surface area contributed by atoms with Crippen molar-refractivity contribution in [2.75, 3.05) is 0 Å². The number of hydrogen-bond acceptors (Lipinski definition) is 4. The molecule has 3 aromatic rings. The summed E-state index contributed by atoms with van der Waals surface area (Å²) in [6.45, 7) is 0.480. The number of rotatable bonds is 3. The van der Waals surface area contributed by atoms with E-state index in [0.717, 1.165) is 20.3 Å². The zero-order valence-corrected chi connectivity index (χ0v) is 12.4. The summed E-state index contributed by atoms with van der Waals surface area (Å²) in [5, 5.41) is 0.717. The van der Waals surface area contributed by atoms with Gasteiger partial charge in [-0.05, 0) is 35.9 Å². The maximum Gasteiger partial charge on any atom is 0.155 e. The second kappa shape index (κ2) is 5.51. The summed E-state index contributed by atoms with van der Waals surface area (Å²) in [7, 11) is 0. The molecule has 0 aliphatic carbocycles. The lowest BCUT2D eigenvalue weighted by Gasteiger charge is -2.05. The number of nitrogens with zero attached hydrogens (tertiary/aromatic N) is 1. The number of fused-ring (bicyclic) bond motifs is 1. The molecule has 1 heterocycles. The van der Waals surface area contributed by atoms with Crippen LogP contribution in [0.1, 0.15) is 5.56 Å². The fraction of sp³-hybridized carbons (Fsp3) is 0.0714. The second-order valence-corrected chi connectivity index (χ2v) is 6.76. The van der Waals surface area contributed by atoms with Gasteiger partial charge < -0.3 is 5.73 Å². The number of nitrogens with two attached hydrogens (primary N) is 1. The highest BCUT2D eigenvalue weighted by Gasteiger charge is 2.08. The fourth-order valence-corrected chi connectivity index (χ4v) is 4.13. The zero-order valence-electron chi connectivity index (χ0n) is 9.97. The molecule has 0 atom stereocenters. The fourth-order valence-electron chi connectivity index (χ4n) is 1.80. The Morgan fingerprint density at radius 2 is 2.05 bits per heavy atom. The lowest BCUT2D eigenvalue weighted by Crippen LogP contribution is -1.98. The van der Waals surface area contributed by atoms with Gasteiger partial charge in [-0.15, -0.1) is 11.3 Å². The van der Waals surface area contributed by atoms with Crippen molar-refractivity contribution in [1.29, 1.82) is 0 Å². The Hall–Kier alpha value is -1.07. The molecular weight excluding hydrogens is 296 g/mol. The Morgan fingerprint density at radius 1 is 1.21 bits per heavy atom. The summed E-state index contributed by atoms with van der Waals surface area (Å²) in [6, 6.07) is 14.0. The van der Waals surface area contributed by atoms with Gasteiger partial charge in [0, 0.05) is 16.5 Å². The van der Waals surface area contributed by atoms with E-state index in [4.69, 9.17) is 17.3 Å². The van der Waals surface area contributed by atoms with Gasteiger partial charge >= 0.3 is 0 Å². The third-order valence-corrected chi connectivity index (χ3v) is 5.16. The van der Waals surface area contributed by atoms with Crippen molar-refractivity contribution in [2.45, 2.75) is 15.8 Å². The molecule has 0 saturated heterocycles. The van der Waals surface area contributed by atoms with Gasteiger partial charge in [0.15, 0.2) is 4.34 Å². The standard InChI is InChI=1S/C14H11ClN2S2/c15-10-5-6-12(9(7-10)8-16)18-14-17-11-3-1-2-4-13(11)19-14/h1-7H,8,16H2. The molecule has 0 fully saturated rings. The van der Waals surface area contributed by atoms with Crippen molar-refractivity contribution in [1.82, 2.24) is 4.98 Å². The van der Waals surface area contributed by atoms with Crippen molar-refractivity contribution in [2.24, 2.45) is 5.73 Å². The monoisotopic (exact) mass is 306 g/mol. The van der Waals surface area contributed by atoms with Crippen LogP contribution in [0.4, 0.5) is 0 Å². The van der Waals surface area contributed by atoms with Crippen molar-refractivity contribution in [3.63, 3.8) is 0 Å². The molecule has 0 unspecified atom stereocenters. The number of benzene rings is 2. The minimum Gasteiger partial charge on any atom is -0.326 e. The van der Waals surface area contributed by atoms with Crippen LogP contribution < -0.4 is 5.73 Å². The largest absolute Gasteiger partial charge is 0.326 e. The van der Waals surface area contributed by atoms with Crippen LogP contribution in [0, 0.1) is 0 Å². The maximum atomic E-state index is 5.98. The molecule has 1 aromatic heterocycles. The Bertz CT molecular complexity index is 691. The van der Waals surface area contributed by atoms with E-state index in [1.54, 1.807) is 23.1 Å². The second-order valence-electron chi connectivity index (χ2n) is 4.01. The van der Waals surface area contributed by atoms with E-state index in [0.29, 0.717) is 11.6 Å². The predicted molar refractivity (Wildman–Crippen MR) is 83.1 cm³/mol. The number of thiazole rings is 1. The highest BCUT2D eigenvalue weighted by Crippen LogP contribution is 2.36. The molecule has 0 saturated carbocycles. The number of para-hydroxylation sites is 1. The molecule has 19 heavy (non-hydrogen) atoms. The number of halogens is 1. The predicted octanol–water partition coefficient (Wildman–Crippen LogP) is 4.56. The molecule has 96 valence electrons. The summed E-state index contributed by atoms with van der Waals surface area (Å²) >= 11 is 9.32. The highest BCUT2D eigenvalue weighted by molar-refractivity contribution is 8.01. The van der Waals surface area contributed by atoms with Gasteiger partial charge in [0.1, 0.15) is 0 Å². The first-order valence-corrected chi connectivity index (χ1v) is 7.79. The van der Waals surface area contributed by atoms with Gasteiger partial charge in [-0.3, -0.25) is 0 Å². The van der Waals surface area contributed by atoms with Crippen LogP contribution in [0.25, 0.3) is 10.2 Å². The molecule has 2 aromatic carbocycles. The van der Waals surface area contributed by atoms with E-state index >= 15 is 0 Å². The Morgan fingerprint density at radius 3 is 2.84 bits per heavy atom. The quantitative estimate of drug-likeness (QED) is 0.771. The first-order chi connectivity index (χ1) is 9.26. The van der Waals surface area contributed by atoms with Crippen LogP contribution in [-0.4, -0.2) is 4.98 Å². The summed E-state index contributed by atoms with van der Waals surface area (Å²) < 4.78 is 2.23. The summed E-state index contributed by atoms with van der Waals surface area (Å²) in [5.41, 5.74) is 7.85. The van der Waals surface area contributed by atoms with Crippen molar-refractivity contribution in [3.05, 3.63) is 53.1 Å². The van der Waals surface area contributed by atoms with Gasteiger partial charge in [0.2, 0.25) is 0 Å². The Labute approximate surface area is 124 Å². The lowest BCUT2D eigenvalue weighted by molar-refractivity contribution is 1.03. The molecule has 0 radical (unpaired) electrons. The van der Waals surface area contributed by atoms with E-state index < -0.39 is 0 Å². The molecular formula is C14H11ClN2S2. The molecule has 2 nitrogen and oxygen atoms in total. The molecule has 0 bridgehead atoms. The highest BCUT2D eigenvalue weighted by atomic mass is 35.5. The van der Waals surface area contributed by atoms with E-state index in [1.165, 1.54) is 4.70 Å². The van der Waals surface area contributed by atoms with Gasteiger partial charge in [-0.1, -0.05) is 35.5 Å². The Kier molecular flexibility index (Phi) is 3.75. The molecule has 0 aliphatic heterocycles. The normalized spacial score (nSPS) is 11.1. The van der Waals surface area contributed by atoms with E-state index in [1.807, 2.05) is 36.4 Å². The van der Waals surface area contributed by atoms with Crippen LogP contribution >= 0.6 is 34.7 Å². The minimum absolute atomic E-state index is 0.480. The Balaban J connectivity index is 1.96. The molecule has 0 amide bonds. The van der Waals surface area contributed by atoms with Crippen LogP contribution in [0.5, 0.6) is 0 Å². The first kappa shape index (κ1) is 12.9. The SMILES string of the molecule is NCc1cc(Cl)ccc1Sc1nc2ccccc2s1. The van der Waals surface area contributed by atoms with Crippen molar-refractivity contribution >= 4 is 44.9 Å². The van der Waals surface area contributed by atoms with Gasteiger partial charge in [0.05, 0.1) is 10.2 Å². The molecule has 2 N–H and O–H groups in total. The maximum absolute atomic E-state index is 5.98. The van der Waals surface area contributed by atoms with Crippen LogP contribution in [-0.2, 0) is 6.54 Å². The lowest BCUT2D eigenvalue weighted by atomic mass is 10.2. The van der Waals surface area contributed by atoms with Crippen LogP contribution in [0.2, 0.25) is 5.02 Å². The number of hydrogen-bond donors (Lipinski definition) is 1. The molecule has 5 heteroatoms. The smallest absolute Gasteiger partial charge is 0.155 e. The van der Waals surface area contributed by atoms with E-state index in [2.05, 4.69) is 11.1 Å². The van der Waals surface area contributed by atoms with Crippen molar-refractivity contribution in [3.8, 4) is 0 Å². The van der Waals surface area contributed by atoms with Gasteiger partial charge in [0.25, 0.3) is 0 Å². The molecule has 0 aliphatic rings. The number of aromatic nitrogens is 1. The first-order valence-electron chi connectivity index (χ1n) is 5.78.